The molecular weight excluding hydrogens is 254 g/mol. The van der Waals surface area contributed by atoms with Gasteiger partial charge in [0, 0.05) is 5.56 Å². The Morgan fingerprint density at radius 3 is 2.80 bits per heavy atom. The van der Waals surface area contributed by atoms with E-state index >= 15 is 0 Å². The average Bonchev–Trinajstić information content (AvgIpc) is 2.47. The second kappa shape index (κ2) is 6.45. The molecule has 0 radical (unpaired) electrons. The number of rotatable bonds is 2. The van der Waals surface area contributed by atoms with Gasteiger partial charge in [-0.05, 0) is 19.1 Å². The Labute approximate surface area is 116 Å². The summed E-state index contributed by atoms with van der Waals surface area (Å²) >= 11 is 0. The van der Waals surface area contributed by atoms with Crippen LogP contribution in [0.15, 0.2) is 36.9 Å². The molecule has 2 N–H and O–H groups in total. The maximum absolute atomic E-state index is 12.3. The molecule has 0 saturated carbocycles. The lowest BCUT2D eigenvalue weighted by molar-refractivity contribution is 0.102. The third kappa shape index (κ3) is 3.40. The van der Waals surface area contributed by atoms with Gasteiger partial charge in [0.1, 0.15) is 12.9 Å². The zero-order valence-corrected chi connectivity index (χ0v) is 10.9. The number of nitrogens with one attached hydrogen (secondary N) is 1. The maximum atomic E-state index is 12.3. The normalized spacial score (nSPS) is 9.50. The van der Waals surface area contributed by atoms with Crippen LogP contribution in [0, 0.1) is 18.8 Å². The molecule has 100 valence electrons. The monoisotopic (exact) mass is 267 g/mol. The van der Waals surface area contributed by atoms with Gasteiger partial charge in [0.15, 0.2) is 0 Å². The Bertz CT molecular complexity index is 673. The molecule has 0 spiro atoms. The Hall–Kier alpha value is -2.71. The highest BCUT2D eigenvalue weighted by Gasteiger charge is 2.11. The van der Waals surface area contributed by atoms with Crippen molar-refractivity contribution in [1.29, 1.82) is 0 Å². The van der Waals surface area contributed by atoms with Crippen LogP contribution in [0.25, 0.3) is 0 Å². The van der Waals surface area contributed by atoms with Gasteiger partial charge >= 0.3 is 0 Å². The molecule has 1 heterocycles. The van der Waals surface area contributed by atoms with Gasteiger partial charge in [-0.1, -0.05) is 23.5 Å². The summed E-state index contributed by atoms with van der Waals surface area (Å²) in [6.45, 7) is 1.65. The summed E-state index contributed by atoms with van der Waals surface area (Å²) in [6, 6.07) is 5.37. The van der Waals surface area contributed by atoms with Crippen molar-refractivity contribution in [3.63, 3.8) is 0 Å². The molecule has 1 aromatic heterocycles. The standard InChI is InChI=1S/C15H13N3O2/c1-11-4-5-12(3-2-6-19)14(7-11)15(20)18-13-8-16-10-17-9-13/h4-5,7-10,19H,6H2,1H3,(H,18,20). The molecule has 0 unspecified atom stereocenters. The van der Waals surface area contributed by atoms with E-state index < -0.39 is 0 Å². The van der Waals surface area contributed by atoms with Crippen molar-refractivity contribution in [2.75, 3.05) is 11.9 Å². The molecule has 0 aliphatic heterocycles. The fourth-order valence-corrected chi connectivity index (χ4v) is 1.65. The number of aromatic nitrogens is 2. The molecule has 2 rings (SSSR count). The van der Waals surface area contributed by atoms with Gasteiger partial charge in [0.2, 0.25) is 0 Å². The summed E-state index contributed by atoms with van der Waals surface area (Å²) < 4.78 is 0. The van der Waals surface area contributed by atoms with Crippen LogP contribution in [0.4, 0.5) is 5.69 Å². The topological polar surface area (TPSA) is 75.1 Å². The summed E-state index contributed by atoms with van der Waals surface area (Å²) in [6.07, 6.45) is 4.42. The second-order valence-electron chi connectivity index (χ2n) is 4.09. The number of aryl methyl sites for hydroxylation is 1. The van der Waals surface area contributed by atoms with Crippen molar-refractivity contribution < 1.29 is 9.90 Å². The maximum Gasteiger partial charge on any atom is 0.257 e. The van der Waals surface area contributed by atoms with E-state index in [0.29, 0.717) is 16.8 Å². The predicted molar refractivity (Wildman–Crippen MR) is 75.1 cm³/mol. The van der Waals surface area contributed by atoms with Crippen LogP contribution in [0.2, 0.25) is 0 Å². The third-order valence-corrected chi connectivity index (χ3v) is 2.54. The summed E-state index contributed by atoms with van der Waals surface area (Å²) in [5.41, 5.74) is 2.49. The van der Waals surface area contributed by atoms with Crippen LogP contribution in [-0.4, -0.2) is 27.6 Å². The molecule has 2 aromatic rings. The van der Waals surface area contributed by atoms with Crippen LogP contribution in [0.1, 0.15) is 21.5 Å². The molecule has 20 heavy (non-hydrogen) atoms. The number of carbonyl (C=O) groups excluding carboxylic acids is 1. The molecule has 0 saturated heterocycles. The van der Waals surface area contributed by atoms with E-state index in [1.807, 2.05) is 13.0 Å². The number of carbonyl (C=O) groups is 1. The van der Waals surface area contributed by atoms with Crippen molar-refractivity contribution in [1.82, 2.24) is 9.97 Å². The van der Waals surface area contributed by atoms with Crippen molar-refractivity contribution in [3.8, 4) is 11.8 Å². The van der Waals surface area contributed by atoms with E-state index in [9.17, 15) is 4.79 Å². The first-order valence-corrected chi connectivity index (χ1v) is 5.97. The Morgan fingerprint density at radius 2 is 2.10 bits per heavy atom. The molecule has 1 amide bonds. The highest BCUT2D eigenvalue weighted by molar-refractivity contribution is 6.06. The lowest BCUT2D eigenvalue weighted by atomic mass is 10.0. The molecule has 5 heteroatoms. The number of nitrogens with zero attached hydrogens (tertiary/aromatic N) is 2. The first-order chi connectivity index (χ1) is 9.70. The second-order valence-corrected chi connectivity index (χ2v) is 4.09. The summed E-state index contributed by atoms with van der Waals surface area (Å²) in [5, 5.41) is 11.5. The van der Waals surface area contributed by atoms with Crippen molar-refractivity contribution >= 4 is 11.6 Å². The molecule has 1 aromatic carbocycles. The van der Waals surface area contributed by atoms with E-state index in [-0.39, 0.29) is 12.5 Å². The predicted octanol–water partition coefficient (Wildman–Crippen LogP) is 1.38. The van der Waals surface area contributed by atoms with Gasteiger partial charge in [-0.25, -0.2) is 9.97 Å². The van der Waals surface area contributed by atoms with E-state index in [0.717, 1.165) is 5.56 Å². The fraction of sp³-hybridized carbons (Fsp3) is 0.133. The summed E-state index contributed by atoms with van der Waals surface area (Å²) in [4.78, 5) is 19.9. The molecule has 0 atom stereocenters. The van der Waals surface area contributed by atoms with Crippen molar-refractivity contribution in [2.45, 2.75) is 6.92 Å². The average molecular weight is 267 g/mol. The number of aliphatic hydroxyl groups is 1. The number of hydrogen-bond donors (Lipinski definition) is 2. The zero-order valence-electron chi connectivity index (χ0n) is 10.9. The Morgan fingerprint density at radius 1 is 1.35 bits per heavy atom. The molecule has 5 nitrogen and oxygen atoms in total. The number of anilines is 1. The lowest BCUT2D eigenvalue weighted by Crippen LogP contribution is -2.14. The van der Waals surface area contributed by atoms with Crippen molar-refractivity contribution in [3.05, 3.63) is 53.6 Å². The molecule has 0 aliphatic carbocycles. The first-order valence-electron chi connectivity index (χ1n) is 5.97. The SMILES string of the molecule is Cc1ccc(C#CCO)c(C(=O)Nc2cncnc2)c1. The van der Waals surface area contributed by atoms with Gasteiger partial charge in [-0.3, -0.25) is 4.79 Å². The van der Waals surface area contributed by atoms with Gasteiger partial charge in [0.25, 0.3) is 5.91 Å². The van der Waals surface area contributed by atoms with Crippen LogP contribution in [0.3, 0.4) is 0 Å². The largest absolute Gasteiger partial charge is 0.384 e. The third-order valence-electron chi connectivity index (χ3n) is 2.54. The zero-order chi connectivity index (χ0) is 14.4. The van der Waals surface area contributed by atoms with Crippen LogP contribution >= 0.6 is 0 Å². The number of amides is 1. The molecule has 0 bridgehead atoms. The Kier molecular flexibility index (Phi) is 4.43. The number of aliphatic hydroxyl groups excluding tert-OH is 1. The highest BCUT2D eigenvalue weighted by atomic mass is 16.2. The smallest absolute Gasteiger partial charge is 0.257 e. The summed E-state index contributed by atoms with van der Waals surface area (Å²) in [7, 11) is 0. The summed E-state index contributed by atoms with van der Waals surface area (Å²) in [5.74, 6) is 5.02. The van der Waals surface area contributed by atoms with Crippen molar-refractivity contribution in [2.24, 2.45) is 0 Å². The van der Waals surface area contributed by atoms with Gasteiger partial charge < -0.3 is 10.4 Å². The highest BCUT2D eigenvalue weighted by Crippen LogP contribution is 2.13. The lowest BCUT2D eigenvalue weighted by Gasteiger charge is -2.07. The number of benzene rings is 1. The quantitative estimate of drug-likeness (QED) is 0.806. The van der Waals surface area contributed by atoms with Crippen LogP contribution in [-0.2, 0) is 0 Å². The van der Waals surface area contributed by atoms with Crippen LogP contribution < -0.4 is 5.32 Å². The minimum atomic E-state index is -0.286. The Balaban J connectivity index is 2.31. The minimum absolute atomic E-state index is 0.249. The molecule has 0 aliphatic rings. The molecular formula is C15H13N3O2. The first kappa shape index (κ1) is 13.7. The van der Waals surface area contributed by atoms with Gasteiger partial charge in [-0.2, -0.15) is 0 Å². The molecule has 0 fully saturated rings. The van der Waals surface area contributed by atoms with E-state index in [1.54, 1.807) is 12.1 Å². The minimum Gasteiger partial charge on any atom is -0.384 e. The van der Waals surface area contributed by atoms with Gasteiger partial charge in [-0.15, -0.1) is 0 Å². The van der Waals surface area contributed by atoms with E-state index in [2.05, 4.69) is 27.1 Å². The van der Waals surface area contributed by atoms with E-state index in [4.69, 9.17) is 5.11 Å². The van der Waals surface area contributed by atoms with Gasteiger partial charge in [0.05, 0.1) is 23.6 Å². The van der Waals surface area contributed by atoms with Crippen LogP contribution in [0.5, 0.6) is 0 Å². The van der Waals surface area contributed by atoms with E-state index in [1.165, 1.54) is 18.7 Å². The number of hydrogen-bond acceptors (Lipinski definition) is 4. The fourth-order valence-electron chi connectivity index (χ4n) is 1.65.